The Kier molecular flexibility index (Phi) is 4.35. The number of aromatic nitrogens is 4. The van der Waals surface area contributed by atoms with Crippen LogP contribution in [0.2, 0.25) is 0 Å². The first-order valence-corrected chi connectivity index (χ1v) is 8.89. The van der Waals surface area contributed by atoms with E-state index in [1.165, 1.54) is 41.4 Å². The number of carbonyl (C=O) groups excluding carboxylic acids is 1. The first-order chi connectivity index (χ1) is 13.5. The fraction of sp³-hybridized carbons (Fsp3) is 0.176. The van der Waals surface area contributed by atoms with Crippen LogP contribution >= 0.6 is 11.3 Å². The van der Waals surface area contributed by atoms with Crippen molar-refractivity contribution in [2.24, 2.45) is 0 Å². The van der Waals surface area contributed by atoms with Gasteiger partial charge in [0.05, 0.1) is 17.4 Å². The van der Waals surface area contributed by atoms with E-state index in [1.54, 1.807) is 19.1 Å². The first kappa shape index (κ1) is 17.8. The maximum Gasteiger partial charge on any atom is 0.348 e. The van der Waals surface area contributed by atoms with Gasteiger partial charge in [-0.05, 0) is 18.6 Å². The van der Waals surface area contributed by atoms with Crippen LogP contribution in [0.25, 0.3) is 15.9 Å². The van der Waals surface area contributed by atoms with Gasteiger partial charge in [0, 0.05) is 6.07 Å². The van der Waals surface area contributed by atoms with Crippen molar-refractivity contribution >= 4 is 38.9 Å². The minimum absolute atomic E-state index is 0.0545. The monoisotopic (exact) mass is 399 g/mol. The van der Waals surface area contributed by atoms with Crippen molar-refractivity contribution in [1.82, 2.24) is 19.6 Å². The molecule has 3 aromatic heterocycles. The lowest BCUT2D eigenvalue weighted by Crippen LogP contribution is -2.00. The van der Waals surface area contributed by atoms with Crippen LogP contribution in [0.1, 0.15) is 21.1 Å². The molecule has 142 valence electrons. The summed E-state index contributed by atoms with van der Waals surface area (Å²) in [6.07, 6.45) is 1.50. The molecule has 0 fully saturated rings. The van der Waals surface area contributed by atoms with E-state index in [-0.39, 0.29) is 18.0 Å². The van der Waals surface area contributed by atoms with Crippen LogP contribution < -0.4 is 4.74 Å². The number of methoxy groups -OCH3 is 1. The predicted octanol–water partition coefficient (Wildman–Crippen LogP) is 2.92. The van der Waals surface area contributed by atoms with E-state index in [4.69, 9.17) is 9.47 Å². The summed E-state index contributed by atoms with van der Waals surface area (Å²) in [7, 11) is 1.32. The number of hydrogen-bond acceptors (Lipinski definition) is 9. The van der Waals surface area contributed by atoms with Crippen LogP contribution in [0.5, 0.6) is 5.75 Å². The van der Waals surface area contributed by atoms with Crippen LogP contribution in [0.4, 0.5) is 5.69 Å². The Morgan fingerprint density at radius 2 is 2.14 bits per heavy atom. The topological polar surface area (TPSA) is 122 Å². The molecule has 0 N–H and O–H groups in total. The SMILES string of the molecule is COC(=O)c1sc2ncn3nc(COc4ccccc4[N+](=O)[O-])nc3c2c1C. The second-order valence-electron chi connectivity index (χ2n) is 5.78. The Morgan fingerprint density at radius 1 is 1.36 bits per heavy atom. The zero-order valence-corrected chi connectivity index (χ0v) is 15.6. The van der Waals surface area contributed by atoms with Gasteiger partial charge in [-0.15, -0.1) is 16.4 Å². The molecule has 4 aromatic rings. The standard InChI is InChI=1S/C17H13N5O5S/c1-9-13-15-19-12(7-27-11-6-4-3-5-10(11)22(24)25)20-21(15)8-18-16(13)28-14(9)17(23)26-2/h3-6,8H,7H2,1-2H3. The molecule has 0 atom stereocenters. The lowest BCUT2D eigenvalue weighted by Gasteiger charge is -2.03. The van der Waals surface area contributed by atoms with Gasteiger partial charge >= 0.3 is 11.7 Å². The maximum absolute atomic E-state index is 11.9. The lowest BCUT2D eigenvalue weighted by molar-refractivity contribution is -0.385. The van der Waals surface area contributed by atoms with Crippen molar-refractivity contribution in [3.8, 4) is 5.75 Å². The Bertz CT molecular complexity index is 1230. The molecule has 0 saturated carbocycles. The Hall–Kier alpha value is -3.60. The van der Waals surface area contributed by atoms with Crippen LogP contribution in [-0.4, -0.2) is 37.6 Å². The number of ether oxygens (including phenoxy) is 2. The van der Waals surface area contributed by atoms with Gasteiger partial charge in [0.25, 0.3) is 0 Å². The second kappa shape index (κ2) is 6.85. The third kappa shape index (κ3) is 2.91. The van der Waals surface area contributed by atoms with Gasteiger partial charge in [0.15, 0.2) is 23.8 Å². The third-order valence-corrected chi connectivity index (χ3v) is 5.28. The number of para-hydroxylation sites is 2. The summed E-state index contributed by atoms with van der Waals surface area (Å²) < 4.78 is 11.8. The van der Waals surface area contributed by atoms with Crippen LogP contribution in [-0.2, 0) is 11.3 Å². The number of benzene rings is 1. The minimum Gasteiger partial charge on any atom is -0.478 e. The number of nitro groups is 1. The average molecular weight is 399 g/mol. The van der Waals surface area contributed by atoms with Crippen molar-refractivity contribution in [1.29, 1.82) is 0 Å². The smallest absolute Gasteiger partial charge is 0.348 e. The summed E-state index contributed by atoms with van der Waals surface area (Å²) in [6, 6.07) is 6.09. The number of nitro benzene ring substituents is 1. The minimum atomic E-state index is -0.511. The van der Waals surface area contributed by atoms with E-state index < -0.39 is 10.9 Å². The molecule has 0 aliphatic heterocycles. The number of hydrogen-bond donors (Lipinski definition) is 0. The number of fused-ring (bicyclic) bond motifs is 3. The quantitative estimate of drug-likeness (QED) is 0.285. The summed E-state index contributed by atoms with van der Waals surface area (Å²) in [6.45, 7) is 1.74. The molecule has 0 unspecified atom stereocenters. The molecule has 0 saturated heterocycles. The van der Waals surface area contributed by atoms with E-state index in [0.29, 0.717) is 32.1 Å². The Labute approximate surface area is 161 Å². The molecule has 0 aliphatic carbocycles. The number of thiophene rings is 1. The predicted molar refractivity (Wildman–Crippen MR) is 99.7 cm³/mol. The lowest BCUT2D eigenvalue weighted by atomic mass is 10.2. The van der Waals surface area contributed by atoms with E-state index in [1.807, 2.05) is 0 Å². The zero-order valence-electron chi connectivity index (χ0n) is 14.8. The van der Waals surface area contributed by atoms with Gasteiger partial charge in [0.2, 0.25) is 0 Å². The molecule has 11 heteroatoms. The van der Waals surface area contributed by atoms with Crippen LogP contribution in [0, 0.1) is 17.0 Å². The van der Waals surface area contributed by atoms with Crippen LogP contribution in [0.15, 0.2) is 30.6 Å². The highest BCUT2D eigenvalue weighted by Crippen LogP contribution is 2.32. The van der Waals surface area contributed by atoms with Gasteiger partial charge in [-0.3, -0.25) is 10.1 Å². The molecular weight excluding hydrogens is 386 g/mol. The third-order valence-electron chi connectivity index (χ3n) is 4.10. The molecule has 0 amide bonds. The highest BCUT2D eigenvalue weighted by atomic mass is 32.1. The van der Waals surface area contributed by atoms with Crippen molar-refractivity contribution in [2.75, 3.05) is 7.11 Å². The average Bonchev–Trinajstić information content (AvgIpc) is 3.26. The highest BCUT2D eigenvalue weighted by Gasteiger charge is 2.21. The number of rotatable bonds is 5. The molecule has 28 heavy (non-hydrogen) atoms. The largest absolute Gasteiger partial charge is 0.478 e. The zero-order chi connectivity index (χ0) is 19.8. The summed E-state index contributed by atoms with van der Waals surface area (Å²) >= 11 is 1.22. The van der Waals surface area contributed by atoms with Gasteiger partial charge in [-0.1, -0.05) is 12.1 Å². The molecule has 0 bridgehead atoms. The molecule has 0 aliphatic rings. The van der Waals surface area contributed by atoms with Gasteiger partial charge in [-0.2, -0.15) is 0 Å². The summed E-state index contributed by atoms with van der Waals surface area (Å²) in [5.41, 5.74) is 1.10. The van der Waals surface area contributed by atoms with E-state index in [2.05, 4.69) is 15.1 Å². The van der Waals surface area contributed by atoms with Gasteiger partial charge < -0.3 is 9.47 Å². The Balaban J connectivity index is 1.70. The van der Waals surface area contributed by atoms with Crippen molar-refractivity contribution in [3.05, 3.63) is 57.0 Å². The van der Waals surface area contributed by atoms with E-state index in [9.17, 15) is 14.9 Å². The summed E-state index contributed by atoms with van der Waals surface area (Å²) in [4.78, 5) is 32.4. The highest BCUT2D eigenvalue weighted by molar-refractivity contribution is 7.20. The van der Waals surface area contributed by atoms with Crippen molar-refractivity contribution < 1.29 is 19.2 Å². The first-order valence-electron chi connectivity index (χ1n) is 8.07. The van der Waals surface area contributed by atoms with Crippen molar-refractivity contribution in [2.45, 2.75) is 13.5 Å². The fourth-order valence-electron chi connectivity index (χ4n) is 2.80. The number of carbonyl (C=O) groups is 1. The van der Waals surface area contributed by atoms with E-state index >= 15 is 0 Å². The summed E-state index contributed by atoms with van der Waals surface area (Å²) in [5, 5.41) is 16.1. The molecule has 1 aromatic carbocycles. The molecule has 0 spiro atoms. The number of aryl methyl sites for hydroxylation is 1. The van der Waals surface area contributed by atoms with Gasteiger partial charge in [0.1, 0.15) is 16.0 Å². The summed E-state index contributed by atoms with van der Waals surface area (Å²) in [5.74, 6) is 0.0325. The number of esters is 1. The van der Waals surface area contributed by atoms with Crippen LogP contribution in [0.3, 0.4) is 0 Å². The normalized spacial score (nSPS) is 11.1. The van der Waals surface area contributed by atoms with E-state index in [0.717, 1.165) is 0 Å². The maximum atomic E-state index is 11.9. The second-order valence-corrected chi connectivity index (χ2v) is 6.78. The molecule has 3 heterocycles. The fourth-order valence-corrected chi connectivity index (χ4v) is 3.86. The molecule has 4 rings (SSSR count). The molecular formula is C17H13N5O5S. The van der Waals surface area contributed by atoms with Crippen molar-refractivity contribution in [3.63, 3.8) is 0 Å². The number of nitrogens with zero attached hydrogens (tertiary/aromatic N) is 5. The molecule has 10 nitrogen and oxygen atoms in total. The van der Waals surface area contributed by atoms with Gasteiger partial charge in [-0.25, -0.2) is 19.3 Å². The Morgan fingerprint density at radius 3 is 2.89 bits per heavy atom. The molecule has 0 radical (unpaired) electrons.